The van der Waals surface area contributed by atoms with Crippen LogP contribution in [0.2, 0.25) is 0 Å². The first-order valence-corrected chi connectivity index (χ1v) is 21.5. The molecule has 4 nitrogen and oxygen atoms in total. The van der Waals surface area contributed by atoms with E-state index in [0.29, 0.717) is 36.9 Å². The molecule has 270 valence electrons. The van der Waals surface area contributed by atoms with Gasteiger partial charge in [-0.2, -0.15) is 0 Å². The van der Waals surface area contributed by atoms with E-state index < -0.39 is 16.8 Å². The Labute approximate surface area is 306 Å². The lowest BCUT2D eigenvalue weighted by Gasteiger charge is -2.25. The second kappa shape index (κ2) is 20.9. The molecule has 6 atom stereocenters. The van der Waals surface area contributed by atoms with Gasteiger partial charge in [0.15, 0.2) is 0 Å². The minimum atomic E-state index is -1.28. The standard InChI is InChI=1S/C44H60O4P2/c1-9-33(5)39-23-15-13-21-37(39)31-49(47-43-27-19-17-25-41(43)35(7)11-3)45-29-30-46-50(32-38-22-14-16-24-40(38)34(6)10-2)48-44-28-20-18-26-42(44)36(8)12-4/h13-28,33-36H,9-12,29-32H2,1-8H3. The van der Waals surface area contributed by atoms with Gasteiger partial charge >= 0.3 is 0 Å². The molecule has 6 heteroatoms. The fraction of sp³-hybridized carbons (Fsp3) is 0.455. The average molecular weight is 715 g/mol. The van der Waals surface area contributed by atoms with Gasteiger partial charge in [0.1, 0.15) is 11.5 Å². The Morgan fingerprint density at radius 1 is 0.420 bits per heavy atom. The first-order chi connectivity index (χ1) is 24.3. The highest BCUT2D eigenvalue weighted by Gasteiger charge is 2.23. The lowest BCUT2D eigenvalue weighted by atomic mass is 9.94. The van der Waals surface area contributed by atoms with Crippen molar-refractivity contribution in [3.63, 3.8) is 0 Å². The molecular weight excluding hydrogens is 654 g/mol. The maximum Gasteiger partial charge on any atom is 0.234 e. The van der Waals surface area contributed by atoms with Gasteiger partial charge in [-0.05, 0) is 94.9 Å². The molecule has 0 heterocycles. The quantitative estimate of drug-likeness (QED) is 0.0636. The molecule has 4 aromatic rings. The molecule has 0 N–H and O–H groups in total. The SMILES string of the molecule is CCC(C)c1ccccc1CP(OCCOP(Cc1ccccc1C(C)CC)Oc1ccccc1C(C)CC)Oc1ccccc1C(C)CC. The third-order valence-corrected chi connectivity index (χ3v) is 13.0. The number of benzene rings is 4. The molecule has 0 radical (unpaired) electrons. The summed E-state index contributed by atoms with van der Waals surface area (Å²) < 4.78 is 27.0. The Morgan fingerprint density at radius 3 is 1.08 bits per heavy atom. The highest BCUT2D eigenvalue weighted by Crippen LogP contribution is 2.49. The van der Waals surface area contributed by atoms with E-state index >= 15 is 0 Å². The lowest BCUT2D eigenvalue weighted by Crippen LogP contribution is -2.08. The molecule has 0 aliphatic rings. The summed E-state index contributed by atoms with van der Waals surface area (Å²) in [6.45, 7) is 18.9. The van der Waals surface area contributed by atoms with Crippen LogP contribution in [0.3, 0.4) is 0 Å². The van der Waals surface area contributed by atoms with Gasteiger partial charge in [-0.15, -0.1) is 0 Å². The van der Waals surface area contributed by atoms with Gasteiger partial charge in [-0.3, -0.25) is 0 Å². The maximum absolute atomic E-state index is 6.81. The number of hydrogen-bond acceptors (Lipinski definition) is 4. The van der Waals surface area contributed by atoms with Crippen molar-refractivity contribution in [3.8, 4) is 11.5 Å². The summed E-state index contributed by atoms with van der Waals surface area (Å²) in [5.74, 6) is 3.58. The van der Waals surface area contributed by atoms with Crippen molar-refractivity contribution < 1.29 is 18.1 Å². The molecule has 4 rings (SSSR count). The van der Waals surface area contributed by atoms with E-state index in [0.717, 1.165) is 49.5 Å². The van der Waals surface area contributed by atoms with Crippen LogP contribution in [0.1, 0.15) is 138 Å². The van der Waals surface area contributed by atoms with Crippen molar-refractivity contribution in [1.82, 2.24) is 0 Å². The highest BCUT2D eigenvalue weighted by atomic mass is 31.2. The van der Waals surface area contributed by atoms with Crippen molar-refractivity contribution in [3.05, 3.63) is 130 Å². The fourth-order valence-electron chi connectivity index (χ4n) is 6.12. The molecule has 0 amide bonds. The minimum absolute atomic E-state index is 0.399. The zero-order valence-corrected chi connectivity index (χ0v) is 33.5. The second-order valence-electron chi connectivity index (χ2n) is 13.5. The van der Waals surface area contributed by atoms with Crippen LogP contribution in [0.15, 0.2) is 97.1 Å². The third kappa shape index (κ3) is 11.4. The Morgan fingerprint density at radius 2 is 0.720 bits per heavy atom. The third-order valence-electron chi connectivity index (χ3n) is 10.1. The minimum Gasteiger partial charge on any atom is -0.447 e. The summed E-state index contributed by atoms with van der Waals surface area (Å²) in [5, 5.41) is 0. The van der Waals surface area contributed by atoms with E-state index in [-0.39, 0.29) is 0 Å². The molecule has 0 saturated heterocycles. The molecule has 0 bridgehead atoms. The Balaban J connectivity index is 1.56. The first-order valence-electron chi connectivity index (χ1n) is 18.8. The molecule has 0 aromatic heterocycles. The van der Waals surface area contributed by atoms with Crippen molar-refractivity contribution in [2.45, 2.75) is 117 Å². The largest absolute Gasteiger partial charge is 0.447 e. The molecular formula is C44H60O4P2. The smallest absolute Gasteiger partial charge is 0.234 e. The highest BCUT2D eigenvalue weighted by molar-refractivity contribution is 7.47. The van der Waals surface area contributed by atoms with Crippen LogP contribution in [0.25, 0.3) is 0 Å². The zero-order chi connectivity index (χ0) is 35.9. The predicted molar refractivity (Wildman–Crippen MR) is 215 cm³/mol. The van der Waals surface area contributed by atoms with Gasteiger partial charge < -0.3 is 18.1 Å². The van der Waals surface area contributed by atoms with E-state index in [1.54, 1.807) is 0 Å². The fourth-order valence-corrected chi connectivity index (χ4v) is 9.00. The molecule has 0 saturated carbocycles. The molecule has 50 heavy (non-hydrogen) atoms. The summed E-state index contributed by atoms with van der Waals surface area (Å²) in [5.41, 5.74) is 7.80. The van der Waals surface area contributed by atoms with Crippen LogP contribution < -0.4 is 9.05 Å². The van der Waals surface area contributed by atoms with Gasteiger partial charge in [0.25, 0.3) is 0 Å². The monoisotopic (exact) mass is 714 g/mol. The predicted octanol–water partition coefficient (Wildman–Crippen LogP) is 14.3. The summed E-state index contributed by atoms with van der Waals surface area (Å²) in [7, 11) is -2.56. The zero-order valence-electron chi connectivity index (χ0n) is 31.7. The van der Waals surface area contributed by atoms with E-state index in [4.69, 9.17) is 18.1 Å². The summed E-state index contributed by atoms with van der Waals surface area (Å²) in [6, 6.07) is 34.4. The van der Waals surface area contributed by atoms with Crippen LogP contribution in [-0.4, -0.2) is 13.2 Å². The molecule has 0 aliphatic carbocycles. The molecule has 0 fully saturated rings. The van der Waals surface area contributed by atoms with Crippen LogP contribution in [0.4, 0.5) is 0 Å². The maximum atomic E-state index is 6.81. The second-order valence-corrected chi connectivity index (χ2v) is 16.4. The van der Waals surface area contributed by atoms with Crippen molar-refractivity contribution in [2.75, 3.05) is 13.2 Å². The van der Waals surface area contributed by atoms with E-state index in [2.05, 4.69) is 152 Å². The Kier molecular flexibility index (Phi) is 16.8. The van der Waals surface area contributed by atoms with Gasteiger partial charge in [0, 0.05) is 0 Å². The van der Waals surface area contributed by atoms with Gasteiger partial charge in [-0.25, -0.2) is 0 Å². The van der Waals surface area contributed by atoms with Crippen LogP contribution >= 0.6 is 16.8 Å². The van der Waals surface area contributed by atoms with Crippen molar-refractivity contribution in [1.29, 1.82) is 0 Å². The molecule has 0 spiro atoms. The topological polar surface area (TPSA) is 36.9 Å². The Bertz CT molecular complexity index is 1350. The van der Waals surface area contributed by atoms with E-state index in [1.165, 1.54) is 33.4 Å². The summed E-state index contributed by atoms with van der Waals surface area (Å²) >= 11 is 0. The van der Waals surface area contributed by atoms with Gasteiger partial charge in [0.2, 0.25) is 16.8 Å². The normalized spacial score (nSPS) is 15.1. The van der Waals surface area contributed by atoms with Crippen molar-refractivity contribution >= 4 is 16.8 Å². The lowest BCUT2D eigenvalue weighted by molar-refractivity contribution is 0.218. The van der Waals surface area contributed by atoms with Crippen molar-refractivity contribution in [2.24, 2.45) is 0 Å². The van der Waals surface area contributed by atoms with Crippen LogP contribution in [0, 0.1) is 0 Å². The van der Waals surface area contributed by atoms with E-state index in [1.807, 2.05) is 0 Å². The summed E-state index contributed by atoms with van der Waals surface area (Å²) in [6.07, 6.45) is 5.72. The van der Waals surface area contributed by atoms with Gasteiger partial charge in [0.05, 0.1) is 25.5 Å². The molecule has 0 aliphatic heterocycles. The number of hydrogen-bond donors (Lipinski definition) is 0. The Hall–Kier alpha value is -2.74. The van der Waals surface area contributed by atoms with E-state index in [9.17, 15) is 0 Å². The van der Waals surface area contributed by atoms with Crippen LogP contribution in [-0.2, 0) is 21.4 Å². The molecule has 4 aromatic carbocycles. The number of rotatable bonds is 21. The average Bonchev–Trinajstić information content (AvgIpc) is 3.15. The first kappa shape index (κ1) is 40.0. The van der Waals surface area contributed by atoms with Crippen LogP contribution in [0.5, 0.6) is 11.5 Å². The molecule has 6 unspecified atom stereocenters. The number of para-hydroxylation sites is 2. The summed E-state index contributed by atoms with van der Waals surface area (Å²) in [4.78, 5) is 0. The van der Waals surface area contributed by atoms with Gasteiger partial charge in [-0.1, -0.05) is 140 Å².